The first-order valence-electron chi connectivity index (χ1n) is 7.78. The standard InChI is InChI=1S/C9H13NO2S.C8H11NO2S/c1-3-8-4-6-9(7-5-8)13(11,12)10-2;1-2-7-3-5-8(6-4-7)12(9,10)11/h4-7,10H,3H2,1-2H3;3-6H,2H2,1H3,(H2,9,10,11). The Morgan fingerprint density at radius 3 is 1.40 bits per heavy atom. The van der Waals surface area contributed by atoms with Gasteiger partial charge < -0.3 is 0 Å². The van der Waals surface area contributed by atoms with Gasteiger partial charge in [-0.1, -0.05) is 38.1 Å². The van der Waals surface area contributed by atoms with Gasteiger partial charge in [0, 0.05) is 0 Å². The van der Waals surface area contributed by atoms with E-state index >= 15 is 0 Å². The molecule has 0 unspecified atom stereocenters. The lowest BCUT2D eigenvalue weighted by Crippen LogP contribution is -2.18. The van der Waals surface area contributed by atoms with Gasteiger partial charge >= 0.3 is 0 Å². The van der Waals surface area contributed by atoms with E-state index in [1.165, 1.54) is 19.2 Å². The smallest absolute Gasteiger partial charge is 0.225 e. The molecule has 0 saturated carbocycles. The molecule has 0 aliphatic heterocycles. The van der Waals surface area contributed by atoms with Gasteiger partial charge in [0.1, 0.15) is 0 Å². The molecule has 0 fully saturated rings. The predicted molar refractivity (Wildman–Crippen MR) is 99.3 cm³/mol. The van der Waals surface area contributed by atoms with Crippen LogP contribution in [0.5, 0.6) is 0 Å². The van der Waals surface area contributed by atoms with Gasteiger partial charge in [0.2, 0.25) is 20.0 Å². The molecule has 138 valence electrons. The molecule has 0 saturated heterocycles. The lowest BCUT2D eigenvalue weighted by Gasteiger charge is -2.02. The van der Waals surface area contributed by atoms with Gasteiger partial charge in [0.25, 0.3) is 0 Å². The van der Waals surface area contributed by atoms with E-state index in [1.807, 2.05) is 26.0 Å². The Kier molecular flexibility index (Phi) is 7.75. The molecule has 0 bridgehead atoms. The summed E-state index contributed by atoms with van der Waals surface area (Å²) in [5.41, 5.74) is 2.23. The fraction of sp³-hybridized carbons (Fsp3) is 0.294. The second-order valence-electron chi connectivity index (χ2n) is 5.25. The second kappa shape index (κ2) is 9.10. The van der Waals surface area contributed by atoms with Crippen molar-refractivity contribution in [1.29, 1.82) is 0 Å². The van der Waals surface area contributed by atoms with Crippen molar-refractivity contribution in [3.63, 3.8) is 0 Å². The molecule has 6 nitrogen and oxygen atoms in total. The largest absolute Gasteiger partial charge is 0.240 e. The summed E-state index contributed by atoms with van der Waals surface area (Å²) in [7, 11) is -5.40. The maximum absolute atomic E-state index is 11.3. The van der Waals surface area contributed by atoms with Crippen LogP contribution >= 0.6 is 0 Å². The fourth-order valence-corrected chi connectivity index (χ4v) is 3.18. The van der Waals surface area contributed by atoms with E-state index in [4.69, 9.17) is 5.14 Å². The number of aryl methyl sites for hydroxylation is 2. The van der Waals surface area contributed by atoms with Crippen molar-refractivity contribution in [1.82, 2.24) is 4.72 Å². The maximum Gasteiger partial charge on any atom is 0.240 e. The van der Waals surface area contributed by atoms with Crippen molar-refractivity contribution < 1.29 is 16.8 Å². The highest BCUT2D eigenvalue weighted by molar-refractivity contribution is 7.89. The van der Waals surface area contributed by atoms with Crippen molar-refractivity contribution in [3.05, 3.63) is 59.7 Å². The zero-order chi connectivity index (χ0) is 19.1. The fourth-order valence-electron chi connectivity index (χ4n) is 1.94. The van der Waals surface area contributed by atoms with Crippen LogP contribution in [0.2, 0.25) is 0 Å². The minimum Gasteiger partial charge on any atom is -0.225 e. The van der Waals surface area contributed by atoms with Crippen LogP contribution in [-0.2, 0) is 32.9 Å². The first-order chi connectivity index (χ1) is 11.6. The molecule has 2 aromatic rings. The molecule has 0 heterocycles. The Morgan fingerprint density at radius 1 is 0.760 bits per heavy atom. The highest BCUT2D eigenvalue weighted by Crippen LogP contribution is 2.10. The molecule has 0 aliphatic carbocycles. The normalized spacial score (nSPS) is 11.5. The summed E-state index contributed by atoms with van der Waals surface area (Å²) in [5.74, 6) is 0. The van der Waals surface area contributed by atoms with Crippen LogP contribution in [-0.4, -0.2) is 23.9 Å². The third-order valence-corrected chi connectivity index (χ3v) is 5.93. The number of rotatable bonds is 5. The molecule has 2 aromatic carbocycles. The molecular formula is C17H24N2O4S2. The van der Waals surface area contributed by atoms with Crippen molar-refractivity contribution >= 4 is 20.0 Å². The van der Waals surface area contributed by atoms with Gasteiger partial charge in [-0.05, 0) is 55.3 Å². The molecule has 0 atom stereocenters. The quantitative estimate of drug-likeness (QED) is 0.823. The third-order valence-electron chi connectivity index (χ3n) is 3.57. The van der Waals surface area contributed by atoms with Crippen LogP contribution in [0.25, 0.3) is 0 Å². The molecule has 8 heteroatoms. The molecule has 0 aromatic heterocycles. The number of nitrogens with two attached hydrogens (primary N) is 1. The highest BCUT2D eigenvalue weighted by atomic mass is 32.2. The molecule has 0 radical (unpaired) electrons. The first-order valence-corrected chi connectivity index (χ1v) is 10.8. The van der Waals surface area contributed by atoms with Crippen LogP contribution in [0.4, 0.5) is 0 Å². The summed E-state index contributed by atoms with van der Waals surface area (Å²) in [5, 5.41) is 4.92. The number of hydrogen-bond donors (Lipinski definition) is 2. The van der Waals surface area contributed by atoms with Gasteiger partial charge in [0.05, 0.1) is 9.79 Å². The van der Waals surface area contributed by atoms with E-state index in [0.717, 1.165) is 24.0 Å². The average Bonchev–Trinajstić information content (AvgIpc) is 2.61. The molecular weight excluding hydrogens is 360 g/mol. The topological polar surface area (TPSA) is 106 Å². The monoisotopic (exact) mass is 384 g/mol. The van der Waals surface area contributed by atoms with Crippen molar-refractivity contribution in [2.45, 2.75) is 36.5 Å². The predicted octanol–water partition coefficient (Wildman–Crippen LogP) is 2.05. The van der Waals surface area contributed by atoms with Crippen molar-refractivity contribution in [2.75, 3.05) is 7.05 Å². The zero-order valence-corrected chi connectivity index (χ0v) is 16.2. The van der Waals surface area contributed by atoms with Gasteiger partial charge in [-0.3, -0.25) is 0 Å². The van der Waals surface area contributed by atoms with Crippen molar-refractivity contribution in [2.24, 2.45) is 5.14 Å². The van der Waals surface area contributed by atoms with Gasteiger partial charge in [0.15, 0.2) is 0 Å². The van der Waals surface area contributed by atoms with Crippen LogP contribution < -0.4 is 9.86 Å². The SMILES string of the molecule is CCc1ccc(S(=O)(=O)NC)cc1.CCc1ccc(S(N)(=O)=O)cc1. The minimum atomic E-state index is -3.53. The Labute approximate surface area is 150 Å². The number of hydrogen-bond acceptors (Lipinski definition) is 4. The van der Waals surface area contributed by atoms with E-state index in [-0.39, 0.29) is 4.90 Å². The molecule has 25 heavy (non-hydrogen) atoms. The molecule has 0 aliphatic rings. The second-order valence-corrected chi connectivity index (χ2v) is 8.70. The van der Waals surface area contributed by atoms with E-state index in [9.17, 15) is 16.8 Å². The van der Waals surface area contributed by atoms with E-state index in [0.29, 0.717) is 4.90 Å². The minimum absolute atomic E-state index is 0.166. The van der Waals surface area contributed by atoms with Gasteiger partial charge in [-0.15, -0.1) is 0 Å². The summed E-state index contributed by atoms with van der Waals surface area (Å²) < 4.78 is 46.5. The van der Waals surface area contributed by atoms with Gasteiger partial charge in [-0.25, -0.2) is 26.7 Å². The lowest BCUT2D eigenvalue weighted by molar-refractivity contribution is 0.588. The van der Waals surface area contributed by atoms with Crippen LogP contribution in [0.1, 0.15) is 25.0 Å². The summed E-state index contributed by atoms with van der Waals surface area (Å²) in [6, 6.07) is 13.4. The molecule has 2 rings (SSSR count). The Bertz CT molecular complexity index is 873. The van der Waals surface area contributed by atoms with E-state index in [2.05, 4.69) is 4.72 Å². The number of sulfonamides is 2. The number of nitrogens with one attached hydrogen (secondary N) is 1. The molecule has 0 spiro atoms. The Balaban J connectivity index is 0.000000251. The van der Waals surface area contributed by atoms with Gasteiger partial charge in [-0.2, -0.15) is 0 Å². The summed E-state index contributed by atoms with van der Waals surface area (Å²) >= 11 is 0. The molecule has 0 amide bonds. The van der Waals surface area contributed by atoms with Crippen LogP contribution in [0.15, 0.2) is 58.3 Å². The third kappa shape index (κ3) is 6.58. The van der Waals surface area contributed by atoms with Crippen LogP contribution in [0, 0.1) is 0 Å². The number of benzene rings is 2. The lowest BCUT2D eigenvalue weighted by atomic mass is 10.2. The van der Waals surface area contributed by atoms with Crippen LogP contribution in [0.3, 0.4) is 0 Å². The van der Waals surface area contributed by atoms with E-state index in [1.54, 1.807) is 24.3 Å². The first kappa shape index (κ1) is 21.3. The Morgan fingerprint density at radius 2 is 1.12 bits per heavy atom. The highest BCUT2D eigenvalue weighted by Gasteiger charge is 2.09. The van der Waals surface area contributed by atoms with Crippen molar-refractivity contribution in [3.8, 4) is 0 Å². The molecule has 3 N–H and O–H groups in total. The average molecular weight is 385 g/mol. The summed E-state index contributed by atoms with van der Waals surface area (Å²) in [6.45, 7) is 4.04. The summed E-state index contributed by atoms with van der Waals surface area (Å²) in [4.78, 5) is 0.479. The summed E-state index contributed by atoms with van der Waals surface area (Å²) in [6.07, 6.45) is 1.81. The number of primary sulfonamides is 1. The Hall–Kier alpha value is -1.74. The maximum atomic E-state index is 11.3. The zero-order valence-electron chi connectivity index (χ0n) is 14.6. The van der Waals surface area contributed by atoms with E-state index < -0.39 is 20.0 Å².